The highest BCUT2D eigenvalue weighted by molar-refractivity contribution is 7.46. The minimum absolute atomic E-state index is 0.216. The van der Waals surface area contributed by atoms with Crippen LogP contribution in [0, 0.1) is 0 Å². The van der Waals surface area contributed by atoms with Crippen molar-refractivity contribution in [2.75, 3.05) is 12.3 Å². The Bertz CT molecular complexity index is 488. The monoisotopic (exact) mass is 296 g/mol. The van der Waals surface area contributed by atoms with Crippen molar-refractivity contribution < 1.29 is 33.8 Å². The van der Waals surface area contributed by atoms with E-state index in [1.54, 1.807) is 0 Å². The van der Waals surface area contributed by atoms with Crippen molar-refractivity contribution in [2.45, 2.75) is 24.5 Å². The van der Waals surface area contributed by atoms with Gasteiger partial charge in [0, 0.05) is 0 Å². The molecule has 0 aliphatic carbocycles. The summed E-state index contributed by atoms with van der Waals surface area (Å²) in [6.45, 7) is -0.562. The molecule has 10 nitrogen and oxygen atoms in total. The zero-order chi connectivity index (χ0) is 14.2. The summed E-state index contributed by atoms with van der Waals surface area (Å²) in [5.41, 5.74) is 5.59. The van der Waals surface area contributed by atoms with Gasteiger partial charge in [0.1, 0.15) is 24.1 Å². The second kappa shape index (κ2) is 5.17. The van der Waals surface area contributed by atoms with Gasteiger partial charge in [-0.25, -0.2) is 9.55 Å². The first-order valence-electron chi connectivity index (χ1n) is 5.28. The van der Waals surface area contributed by atoms with E-state index in [1.165, 1.54) is 17.1 Å². The predicted octanol–water partition coefficient (Wildman–Crippen LogP) is -1.81. The van der Waals surface area contributed by atoms with Crippen molar-refractivity contribution in [1.29, 1.82) is 0 Å². The van der Waals surface area contributed by atoms with E-state index in [4.69, 9.17) is 20.3 Å². The molecule has 1 aromatic rings. The predicted molar refractivity (Wildman–Crippen MR) is 60.6 cm³/mol. The molecule has 2 heterocycles. The Morgan fingerprint density at radius 2 is 2.16 bits per heavy atom. The van der Waals surface area contributed by atoms with Gasteiger partial charge in [-0.2, -0.15) is 0 Å². The number of phosphoric acid groups is 1. The topological polar surface area (TPSA) is 160 Å². The maximum absolute atomic E-state index is 10.6. The molecule has 0 saturated carbocycles. The molecular formula is C8H14N3O7P. The first kappa shape index (κ1) is 14.4. The maximum Gasteiger partial charge on any atom is 0.469 e. The molecule has 2 rings (SSSR count). The highest BCUT2D eigenvalue weighted by Crippen LogP contribution is 2.38. The molecule has 6 N–H and O–H groups in total. The summed E-state index contributed by atoms with van der Waals surface area (Å²) in [7, 11) is -4.67. The van der Waals surface area contributed by atoms with Crippen molar-refractivity contribution in [1.82, 2.24) is 9.55 Å². The third kappa shape index (κ3) is 3.12. The van der Waals surface area contributed by atoms with Crippen LogP contribution in [-0.4, -0.2) is 54.5 Å². The van der Waals surface area contributed by atoms with Crippen LogP contribution in [0.2, 0.25) is 0 Å². The van der Waals surface area contributed by atoms with Gasteiger partial charge in [-0.15, -0.1) is 0 Å². The molecule has 108 valence electrons. The molecular weight excluding hydrogens is 282 g/mol. The van der Waals surface area contributed by atoms with Crippen LogP contribution < -0.4 is 5.73 Å². The van der Waals surface area contributed by atoms with E-state index in [0.717, 1.165) is 0 Å². The standard InChI is InChI=1S/C8H14N3O7P/c9-5-1-10-3-11(5)8-7(13)6(12)4(18-8)2-17-19(14,15)16/h1,3-4,6-8,12-13H,2,9H2,(H2,14,15,16)/t4-,6-,7-,8-/m1/s1/i19+1. The highest BCUT2D eigenvalue weighted by Gasteiger charge is 2.44. The van der Waals surface area contributed by atoms with Gasteiger partial charge in [-0.05, 0) is 0 Å². The number of hydrogen-bond donors (Lipinski definition) is 5. The highest BCUT2D eigenvalue weighted by atomic mass is 32.2. The molecule has 1 aliphatic heterocycles. The number of ether oxygens (including phenoxy) is 1. The van der Waals surface area contributed by atoms with E-state index in [0.29, 0.717) is 0 Å². The molecule has 0 aromatic carbocycles. The molecule has 0 unspecified atom stereocenters. The fourth-order valence-corrected chi connectivity index (χ4v) is 2.14. The number of nitrogens with zero attached hydrogens (tertiary/aromatic N) is 2. The van der Waals surface area contributed by atoms with E-state index < -0.39 is 39.0 Å². The summed E-state index contributed by atoms with van der Waals surface area (Å²) in [6.07, 6.45) is -2.12. The summed E-state index contributed by atoms with van der Waals surface area (Å²) >= 11 is 0. The Hall–Kier alpha value is -1.00. The third-order valence-corrected chi connectivity index (χ3v) is 3.20. The fraction of sp³-hybridized carbons (Fsp3) is 0.625. The number of aliphatic hydroxyl groups is 2. The van der Waals surface area contributed by atoms with Gasteiger partial charge in [-0.1, -0.05) is 0 Å². The van der Waals surface area contributed by atoms with Gasteiger partial charge in [0.25, 0.3) is 0 Å². The van der Waals surface area contributed by atoms with Gasteiger partial charge in [-0.3, -0.25) is 9.09 Å². The van der Waals surface area contributed by atoms with Crippen LogP contribution in [0.25, 0.3) is 0 Å². The lowest BCUT2D eigenvalue weighted by Crippen LogP contribution is -2.33. The Labute approximate surface area is 107 Å². The molecule has 1 aliphatic rings. The number of nitrogens with two attached hydrogens (primary N) is 1. The summed E-state index contributed by atoms with van der Waals surface area (Å²) < 4.78 is 21.4. The van der Waals surface area contributed by atoms with Crippen molar-refractivity contribution in [3.05, 3.63) is 12.5 Å². The first-order chi connectivity index (χ1) is 8.79. The van der Waals surface area contributed by atoms with Gasteiger partial charge in [0.2, 0.25) is 0 Å². The minimum Gasteiger partial charge on any atom is -0.387 e. The molecule has 0 bridgehead atoms. The lowest BCUT2D eigenvalue weighted by atomic mass is 10.1. The van der Waals surface area contributed by atoms with Crippen molar-refractivity contribution >= 4 is 13.6 Å². The van der Waals surface area contributed by atoms with E-state index in [1.807, 2.05) is 0 Å². The second-order valence-corrected chi connectivity index (χ2v) is 5.30. The molecule has 4 atom stereocenters. The number of imidazole rings is 1. The van der Waals surface area contributed by atoms with E-state index in [9.17, 15) is 14.8 Å². The average Bonchev–Trinajstić information content (AvgIpc) is 2.83. The Balaban J connectivity index is 2.07. The summed E-state index contributed by atoms with van der Waals surface area (Å²) in [4.78, 5) is 20.9. The van der Waals surface area contributed by atoms with Crippen LogP contribution >= 0.6 is 7.82 Å². The summed E-state index contributed by atoms with van der Waals surface area (Å²) in [5, 5.41) is 19.6. The Morgan fingerprint density at radius 1 is 1.47 bits per heavy atom. The quantitative estimate of drug-likeness (QED) is 0.403. The molecule has 1 saturated heterocycles. The molecule has 11 heteroatoms. The van der Waals surface area contributed by atoms with Gasteiger partial charge in [0.05, 0.1) is 19.1 Å². The molecule has 1 fully saturated rings. The van der Waals surface area contributed by atoms with Crippen LogP contribution in [0.4, 0.5) is 5.82 Å². The van der Waals surface area contributed by atoms with E-state index in [-0.39, 0.29) is 5.82 Å². The van der Waals surface area contributed by atoms with Crippen molar-refractivity contribution in [3.8, 4) is 0 Å². The minimum atomic E-state index is -4.67. The van der Waals surface area contributed by atoms with Crippen LogP contribution in [0.3, 0.4) is 0 Å². The maximum atomic E-state index is 10.6. The van der Waals surface area contributed by atoms with Crippen molar-refractivity contribution in [2.24, 2.45) is 0 Å². The number of aromatic nitrogens is 2. The third-order valence-electron chi connectivity index (χ3n) is 2.71. The number of phosphoric ester groups is 1. The molecule has 1 aromatic heterocycles. The smallest absolute Gasteiger partial charge is 0.387 e. The molecule has 0 amide bonds. The van der Waals surface area contributed by atoms with Crippen LogP contribution in [0.5, 0.6) is 0 Å². The number of hydrogen-bond acceptors (Lipinski definition) is 7. The number of nitrogen functional groups attached to an aromatic ring is 1. The number of aliphatic hydroxyl groups excluding tert-OH is 2. The first-order valence-corrected chi connectivity index (χ1v) is 6.81. The van der Waals surface area contributed by atoms with E-state index in [2.05, 4.69) is 9.51 Å². The van der Waals surface area contributed by atoms with Gasteiger partial charge in [0.15, 0.2) is 6.23 Å². The largest absolute Gasteiger partial charge is 0.469 e. The molecule has 19 heavy (non-hydrogen) atoms. The summed E-state index contributed by atoms with van der Waals surface area (Å²) in [5.74, 6) is 0.216. The number of anilines is 1. The fourth-order valence-electron chi connectivity index (χ4n) is 1.79. The Morgan fingerprint density at radius 3 is 2.68 bits per heavy atom. The Kier molecular flexibility index (Phi) is 3.92. The van der Waals surface area contributed by atoms with Gasteiger partial charge < -0.3 is 30.5 Å². The van der Waals surface area contributed by atoms with Crippen LogP contribution in [-0.2, 0) is 13.8 Å². The van der Waals surface area contributed by atoms with Crippen LogP contribution in [0.1, 0.15) is 6.23 Å². The van der Waals surface area contributed by atoms with Gasteiger partial charge >= 0.3 is 7.82 Å². The zero-order valence-corrected chi connectivity index (χ0v) is 10.5. The molecule has 0 radical (unpaired) electrons. The van der Waals surface area contributed by atoms with E-state index >= 15 is 0 Å². The molecule has 0 spiro atoms. The SMILES string of the molecule is Nc1cncn1[C@@H]1O[C@H](CO[32P](=O)(O)O)[C@@H](O)[C@H]1O. The zero-order valence-electron chi connectivity index (χ0n) is 9.60. The lowest BCUT2D eigenvalue weighted by Gasteiger charge is -2.17. The normalized spacial score (nSPS) is 31.8. The van der Waals surface area contributed by atoms with Crippen LogP contribution in [0.15, 0.2) is 12.5 Å². The lowest BCUT2D eigenvalue weighted by molar-refractivity contribution is -0.0510. The average molecular weight is 296 g/mol. The van der Waals surface area contributed by atoms with Crippen molar-refractivity contribution in [3.63, 3.8) is 0 Å². The second-order valence-electron chi connectivity index (χ2n) is 4.06. The summed E-state index contributed by atoms with van der Waals surface area (Å²) in [6, 6.07) is 0. The number of rotatable bonds is 4.